The average Bonchev–Trinajstić information content (AvgIpc) is 3.44. The van der Waals surface area contributed by atoms with Gasteiger partial charge in [0, 0.05) is 55.2 Å². The number of nitrogens with zero attached hydrogens (tertiary/aromatic N) is 4. The third-order valence-corrected chi connectivity index (χ3v) is 6.45. The molecule has 0 radical (unpaired) electrons. The van der Waals surface area contributed by atoms with Crippen LogP contribution in [0.3, 0.4) is 0 Å². The van der Waals surface area contributed by atoms with Gasteiger partial charge in [-0.2, -0.15) is 0 Å². The molecule has 0 aliphatic carbocycles. The maximum atomic E-state index is 13.0. The summed E-state index contributed by atoms with van der Waals surface area (Å²) in [5.74, 6) is 0.526. The SMILES string of the molecule is Cn1ccnc1SCC(=O)Nc1ccc(C(=O)N[C@@H](c2ccc(Cl)cc2)c2nccn2C)cc1. The molecule has 8 nitrogen and oxygen atoms in total. The van der Waals surface area contributed by atoms with Crippen molar-refractivity contribution in [1.29, 1.82) is 0 Å². The van der Waals surface area contributed by atoms with E-state index in [1.54, 1.807) is 48.8 Å². The van der Waals surface area contributed by atoms with Crippen molar-refractivity contribution in [3.63, 3.8) is 0 Å². The van der Waals surface area contributed by atoms with Crippen molar-refractivity contribution < 1.29 is 9.59 Å². The van der Waals surface area contributed by atoms with Crippen LogP contribution in [0.25, 0.3) is 0 Å². The molecule has 0 saturated heterocycles. The molecule has 174 valence electrons. The molecule has 4 rings (SSSR count). The van der Waals surface area contributed by atoms with Gasteiger partial charge < -0.3 is 19.8 Å². The van der Waals surface area contributed by atoms with Crippen LogP contribution >= 0.6 is 23.4 Å². The topological polar surface area (TPSA) is 93.8 Å². The van der Waals surface area contributed by atoms with Crippen molar-refractivity contribution in [2.75, 3.05) is 11.1 Å². The first-order valence-corrected chi connectivity index (χ1v) is 11.8. The van der Waals surface area contributed by atoms with Gasteiger partial charge in [0.05, 0.1) is 5.75 Å². The normalized spacial score (nSPS) is 11.7. The molecule has 2 N–H and O–H groups in total. The molecule has 0 saturated carbocycles. The van der Waals surface area contributed by atoms with Crippen molar-refractivity contribution in [3.05, 3.63) is 95.3 Å². The summed E-state index contributed by atoms with van der Waals surface area (Å²) in [5.41, 5.74) is 1.94. The lowest BCUT2D eigenvalue weighted by molar-refractivity contribution is -0.113. The van der Waals surface area contributed by atoms with Gasteiger partial charge >= 0.3 is 0 Å². The van der Waals surface area contributed by atoms with Crippen molar-refractivity contribution >= 4 is 40.9 Å². The van der Waals surface area contributed by atoms with Crippen LogP contribution in [-0.4, -0.2) is 36.7 Å². The zero-order chi connectivity index (χ0) is 24.1. The minimum absolute atomic E-state index is 0.150. The number of hydrogen-bond acceptors (Lipinski definition) is 5. The van der Waals surface area contributed by atoms with Crippen LogP contribution in [0.1, 0.15) is 27.8 Å². The van der Waals surface area contributed by atoms with E-state index in [0.717, 1.165) is 10.7 Å². The fraction of sp³-hybridized carbons (Fsp3) is 0.167. The van der Waals surface area contributed by atoms with Crippen LogP contribution in [0.5, 0.6) is 0 Å². The maximum Gasteiger partial charge on any atom is 0.252 e. The molecule has 10 heteroatoms. The summed E-state index contributed by atoms with van der Waals surface area (Å²) in [6.07, 6.45) is 7.03. The number of carbonyl (C=O) groups is 2. The number of amides is 2. The van der Waals surface area contributed by atoms with Crippen LogP contribution in [-0.2, 0) is 18.9 Å². The van der Waals surface area contributed by atoms with Gasteiger partial charge in [0.2, 0.25) is 5.91 Å². The number of carbonyl (C=O) groups excluding carboxylic acids is 2. The number of imidazole rings is 2. The second-order valence-corrected chi connectivity index (χ2v) is 8.97. The molecular weight excluding hydrogens is 472 g/mol. The van der Waals surface area contributed by atoms with E-state index < -0.39 is 6.04 Å². The lowest BCUT2D eigenvalue weighted by Crippen LogP contribution is -2.31. The highest BCUT2D eigenvalue weighted by Gasteiger charge is 2.21. The number of hydrogen-bond donors (Lipinski definition) is 2. The molecule has 0 fully saturated rings. The lowest BCUT2D eigenvalue weighted by Gasteiger charge is -2.19. The first-order valence-electron chi connectivity index (χ1n) is 10.4. The minimum atomic E-state index is -0.452. The van der Waals surface area contributed by atoms with Crippen LogP contribution in [0.4, 0.5) is 5.69 Å². The van der Waals surface area contributed by atoms with E-state index in [4.69, 9.17) is 11.6 Å². The molecule has 0 unspecified atom stereocenters. The van der Waals surface area contributed by atoms with E-state index in [0.29, 0.717) is 22.1 Å². The van der Waals surface area contributed by atoms with E-state index in [1.165, 1.54) is 11.8 Å². The van der Waals surface area contributed by atoms with Crippen LogP contribution < -0.4 is 10.6 Å². The van der Waals surface area contributed by atoms with Gasteiger partial charge in [0.1, 0.15) is 11.9 Å². The van der Waals surface area contributed by atoms with E-state index in [1.807, 2.05) is 47.8 Å². The Balaban J connectivity index is 1.41. The molecule has 2 aromatic carbocycles. The van der Waals surface area contributed by atoms with Gasteiger partial charge in [-0.1, -0.05) is 35.5 Å². The molecular formula is C24H23ClN6O2S. The number of halogens is 1. The van der Waals surface area contributed by atoms with Gasteiger partial charge in [-0.05, 0) is 42.0 Å². The van der Waals surface area contributed by atoms with Crippen molar-refractivity contribution in [2.45, 2.75) is 11.2 Å². The Kier molecular flexibility index (Phi) is 7.34. The quantitative estimate of drug-likeness (QED) is 0.360. The van der Waals surface area contributed by atoms with Gasteiger partial charge in [-0.25, -0.2) is 9.97 Å². The second kappa shape index (κ2) is 10.6. The van der Waals surface area contributed by atoms with Crippen molar-refractivity contribution in [3.8, 4) is 0 Å². The maximum absolute atomic E-state index is 13.0. The van der Waals surface area contributed by atoms with Crippen molar-refractivity contribution in [2.24, 2.45) is 14.1 Å². The molecule has 1 atom stereocenters. The van der Waals surface area contributed by atoms with E-state index >= 15 is 0 Å². The molecule has 0 aliphatic rings. The minimum Gasteiger partial charge on any atom is -0.338 e. The zero-order valence-electron chi connectivity index (χ0n) is 18.6. The third-order valence-electron chi connectivity index (χ3n) is 5.14. The van der Waals surface area contributed by atoms with E-state index in [2.05, 4.69) is 20.6 Å². The highest BCUT2D eigenvalue weighted by atomic mass is 35.5. The number of nitrogens with one attached hydrogen (secondary N) is 2. The summed E-state index contributed by atoms with van der Waals surface area (Å²) in [7, 11) is 3.75. The Morgan fingerprint density at radius 2 is 1.65 bits per heavy atom. The zero-order valence-corrected chi connectivity index (χ0v) is 20.2. The average molecular weight is 495 g/mol. The standard InChI is InChI=1S/C24H23ClN6O2S/c1-30-13-11-26-22(30)21(16-3-7-18(25)8-4-16)29-23(33)17-5-9-19(10-6-17)28-20(32)15-34-24-27-12-14-31(24)2/h3-14,21H,15H2,1-2H3,(H,28,32)(H,29,33)/t21-/m0/s1. The molecule has 4 aromatic rings. The summed E-state index contributed by atoms with van der Waals surface area (Å²) in [6, 6.07) is 13.6. The Morgan fingerprint density at radius 1 is 0.971 bits per heavy atom. The molecule has 2 heterocycles. The van der Waals surface area contributed by atoms with Gasteiger partial charge in [-0.3, -0.25) is 9.59 Å². The largest absolute Gasteiger partial charge is 0.338 e. The molecule has 2 aromatic heterocycles. The van der Waals surface area contributed by atoms with Gasteiger partial charge in [0.25, 0.3) is 5.91 Å². The first-order chi connectivity index (χ1) is 16.4. The van der Waals surface area contributed by atoms with Crippen LogP contribution in [0, 0.1) is 0 Å². The first kappa shape index (κ1) is 23.6. The van der Waals surface area contributed by atoms with Crippen LogP contribution in [0.2, 0.25) is 5.02 Å². The molecule has 0 aliphatic heterocycles. The molecule has 0 bridgehead atoms. The summed E-state index contributed by atoms with van der Waals surface area (Å²) < 4.78 is 3.72. The summed E-state index contributed by atoms with van der Waals surface area (Å²) in [6.45, 7) is 0. The lowest BCUT2D eigenvalue weighted by atomic mass is 10.1. The van der Waals surface area contributed by atoms with Gasteiger partial charge in [-0.15, -0.1) is 0 Å². The Bertz CT molecular complexity index is 1280. The Morgan fingerprint density at radius 3 is 2.26 bits per heavy atom. The number of aromatic nitrogens is 4. The fourth-order valence-corrected chi connectivity index (χ4v) is 4.20. The highest BCUT2D eigenvalue weighted by molar-refractivity contribution is 7.99. The number of benzene rings is 2. The number of thioether (sulfide) groups is 1. The Hall–Kier alpha value is -3.56. The fourth-order valence-electron chi connectivity index (χ4n) is 3.35. The summed E-state index contributed by atoms with van der Waals surface area (Å²) >= 11 is 7.39. The smallest absolute Gasteiger partial charge is 0.252 e. The monoisotopic (exact) mass is 494 g/mol. The molecule has 2 amide bonds. The second-order valence-electron chi connectivity index (χ2n) is 7.59. The molecule has 0 spiro atoms. The number of anilines is 1. The van der Waals surface area contributed by atoms with E-state index in [9.17, 15) is 9.59 Å². The van der Waals surface area contributed by atoms with Crippen molar-refractivity contribution in [1.82, 2.24) is 24.4 Å². The highest BCUT2D eigenvalue weighted by Crippen LogP contribution is 2.23. The van der Waals surface area contributed by atoms with E-state index in [-0.39, 0.29) is 17.6 Å². The third kappa shape index (κ3) is 5.67. The summed E-state index contributed by atoms with van der Waals surface area (Å²) in [4.78, 5) is 33.9. The number of rotatable bonds is 8. The molecule has 34 heavy (non-hydrogen) atoms. The number of aryl methyl sites for hydroxylation is 2. The summed E-state index contributed by atoms with van der Waals surface area (Å²) in [5, 5.41) is 7.27. The van der Waals surface area contributed by atoms with Crippen LogP contribution in [0.15, 0.2) is 78.5 Å². The predicted octanol–water partition coefficient (Wildman–Crippen LogP) is 4.06. The Labute approximate surface area is 206 Å². The van der Waals surface area contributed by atoms with Gasteiger partial charge in [0.15, 0.2) is 5.16 Å². The predicted molar refractivity (Wildman–Crippen MR) is 133 cm³/mol.